The molecule has 0 spiro atoms. The van der Waals surface area contributed by atoms with Crippen molar-refractivity contribution < 1.29 is 5.11 Å². The van der Waals surface area contributed by atoms with Crippen molar-refractivity contribution >= 4 is 10.9 Å². The molecule has 124 valence electrons. The average Bonchev–Trinajstić information content (AvgIpc) is 2.62. The van der Waals surface area contributed by atoms with Gasteiger partial charge in [-0.2, -0.15) is 0 Å². The highest BCUT2D eigenvalue weighted by Gasteiger charge is 2.12. The van der Waals surface area contributed by atoms with Gasteiger partial charge in [-0.05, 0) is 29.2 Å². The van der Waals surface area contributed by atoms with Gasteiger partial charge in [0.2, 0.25) is 0 Å². The summed E-state index contributed by atoms with van der Waals surface area (Å²) in [5.74, 6) is 0.252. The molecule has 0 aliphatic rings. The number of fused-ring (bicyclic) bond motifs is 1. The Hall–Kier alpha value is -2.23. The molecule has 1 atom stereocenters. The van der Waals surface area contributed by atoms with Crippen LogP contribution in [-0.2, 0) is 13.1 Å². The Kier molecular flexibility index (Phi) is 5.57. The van der Waals surface area contributed by atoms with Crippen molar-refractivity contribution in [3.63, 3.8) is 0 Å². The zero-order valence-electron chi connectivity index (χ0n) is 14.1. The number of benzene rings is 2. The first-order valence-corrected chi connectivity index (χ1v) is 8.45. The smallest absolute Gasteiger partial charge is 0.0702 e. The first-order chi connectivity index (χ1) is 11.7. The third kappa shape index (κ3) is 4.40. The molecule has 0 unspecified atom stereocenters. The minimum atomic E-state index is 0.210. The Morgan fingerprint density at radius 2 is 1.67 bits per heavy atom. The van der Waals surface area contributed by atoms with Gasteiger partial charge >= 0.3 is 0 Å². The van der Waals surface area contributed by atoms with E-state index in [-0.39, 0.29) is 12.5 Å². The van der Waals surface area contributed by atoms with E-state index in [1.165, 1.54) is 16.5 Å². The minimum absolute atomic E-state index is 0.210. The van der Waals surface area contributed by atoms with Gasteiger partial charge in [0, 0.05) is 37.8 Å². The van der Waals surface area contributed by atoms with E-state index < -0.39 is 0 Å². The second-order valence-corrected chi connectivity index (χ2v) is 6.48. The van der Waals surface area contributed by atoms with Gasteiger partial charge in [-0.15, -0.1) is 0 Å². The third-order valence-corrected chi connectivity index (χ3v) is 4.18. The molecule has 2 aromatic carbocycles. The summed E-state index contributed by atoms with van der Waals surface area (Å²) in [6.45, 7) is 4.85. The predicted molar refractivity (Wildman–Crippen MR) is 98.5 cm³/mol. The van der Waals surface area contributed by atoms with E-state index in [9.17, 15) is 5.11 Å². The topological polar surface area (TPSA) is 36.4 Å². The highest BCUT2D eigenvalue weighted by atomic mass is 16.3. The normalized spacial score (nSPS) is 12.6. The second kappa shape index (κ2) is 8.04. The van der Waals surface area contributed by atoms with Crippen LogP contribution in [0.4, 0.5) is 0 Å². The van der Waals surface area contributed by atoms with Crippen molar-refractivity contribution in [2.24, 2.45) is 5.92 Å². The van der Waals surface area contributed by atoms with Gasteiger partial charge in [0.1, 0.15) is 0 Å². The van der Waals surface area contributed by atoms with E-state index in [0.717, 1.165) is 25.2 Å². The summed E-state index contributed by atoms with van der Waals surface area (Å²) in [5, 5.41) is 10.6. The van der Waals surface area contributed by atoms with Gasteiger partial charge in [-0.25, -0.2) is 0 Å². The van der Waals surface area contributed by atoms with Crippen molar-refractivity contribution in [1.82, 2.24) is 9.88 Å². The molecule has 24 heavy (non-hydrogen) atoms. The van der Waals surface area contributed by atoms with E-state index in [0.29, 0.717) is 0 Å². The van der Waals surface area contributed by atoms with Crippen LogP contribution in [0.2, 0.25) is 0 Å². The fourth-order valence-corrected chi connectivity index (χ4v) is 2.99. The lowest BCUT2D eigenvalue weighted by Crippen LogP contribution is -2.29. The summed E-state index contributed by atoms with van der Waals surface area (Å²) in [7, 11) is 0. The molecule has 0 aliphatic carbocycles. The van der Waals surface area contributed by atoms with Crippen LogP contribution in [0, 0.1) is 5.92 Å². The Morgan fingerprint density at radius 3 is 2.46 bits per heavy atom. The van der Waals surface area contributed by atoms with Crippen LogP contribution < -0.4 is 0 Å². The highest BCUT2D eigenvalue weighted by Crippen LogP contribution is 2.16. The fraction of sp³-hybridized carbons (Fsp3) is 0.286. The van der Waals surface area contributed by atoms with E-state index in [1.807, 2.05) is 30.5 Å². The number of aliphatic hydroxyl groups is 1. The summed E-state index contributed by atoms with van der Waals surface area (Å²) < 4.78 is 0. The molecule has 1 N–H and O–H groups in total. The van der Waals surface area contributed by atoms with Gasteiger partial charge < -0.3 is 5.11 Å². The summed E-state index contributed by atoms with van der Waals surface area (Å²) in [6, 6.07) is 20.9. The van der Waals surface area contributed by atoms with Gasteiger partial charge in [0.15, 0.2) is 0 Å². The molecule has 0 saturated carbocycles. The molecule has 1 heterocycles. The number of pyridine rings is 1. The van der Waals surface area contributed by atoms with Gasteiger partial charge in [0.25, 0.3) is 0 Å². The maximum Gasteiger partial charge on any atom is 0.0702 e. The van der Waals surface area contributed by atoms with E-state index >= 15 is 0 Å². The van der Waals surface area contributed by atoms with Gasteiger partial charge in [0.05, 0.1) is 5.52 Å². The van der Waals surface area contributed by atoms with Crippen LogP contribution in [0.5, 0.6) is 0 Å². The summed E-state index contributed by atoms with van der Waals surface area (Å²) in [5.41, 5.74) is 3.52. The zero-order valence-corrected chi connectivity index (χ0v) is 14.1. The number of hydrogen-bond acceptors (Lipinski definition) is 3. The standard InChI is InChI=1S/C21H24N2O/c1-17(16-24)13-23(14-18-7-3-2-4-8-18)15-19-11-20-9-5-6-10-21(20)22-12-19/h2-12,17,24H,13-16H2,1H3/t17-/m1/s1. The van der Waals surface area contributed by atoms with Crippen molar-refractivity contribution in [3.8, 4) is 0 Å². The molecular weight excluding hydrogens is 296 g/mol. The lowest BCUT2D eigenvalue weighted by atomic mass is 10.1. The molecule has 1 aromatic heterocycles. The molecular formula is C21H24N2O. The molecule has 0 fully saturated rings. The lowest BCUT2D eigenvalue weighted by Gasteiger charge is -2.25. The largest absolute Gasteiger partial charge is 0.396 e. The van der Waals surface area contributed by atoms with Crippen molar-refractivity contribution in [1.29, 1.82) is 0 Å². The second-order valence-electron chi connectivity index (χ2n) is 6.48. The van der Waals surface area contributed by atoms with Crippen LogP contribution in [0.1, 0.15) is 18.1 Å². The quantitative estimate of drug-likeness (QED) is 0.718. The number of aliphatic hydroxyl groups excluding tert-OH is 1. The van der Waals surface area contributed by atoms with Crippen molar-refractivity contribution in [2.75, 3.05) is 13.2 Å². The van der Waals surface area contributed by atoms with E-state index in [1.54, 1.807) is 0 Å². The van der Waals surface area contributed by atoms with Crippen LogP contribution in [-0.4, -0.2) is 28.1 Å². The Labute approximate surface area is 143 Å². The number of nitrogens with zero attached hydrogens (tertiary/aromatic N) is 2. The van der Waals surface area contributed by atoms with Crippen LogP contribution in [0.25, 0.3) is 10.9 Å². The number of aromatic nitrogens is 1. The van der Waals surface area contributed by atoms with Crippen molar-refractivity contribution in [3.05, 3.63) is 78.0 Å². The highest BCUT2D eigenvalue weighted by molar-refractivity contribution is 5.78. The number of rotatable bonds is 7. The molecule has 3 rings (SSSR count). The van der Waals surface area contributed by atoms with Gasteiger partial charge in [-0.3, -0.25) is 9.88 Å². The molecule has 0 radical (unpaired) electrons. The van der Waals surface area contributed by atoms with Gasteiger partial charge in [-0.1, -0.05) is 55.5 Å². The molecule has 0 amide bonds. The summed E-state index contributed by atoms with van der Waals surface area (Å²) in [4.78, 5) is 6.94. The number of para-hydroxylation sites is 1. The molecule has 0 bridgehead atoms. The van der Waals surface area contributed by atoms with Crippen molar-refractivity contribution in [2.45, 2.75) is 20.0 Å². The molecule has 0 saturated heterocycles. The predicted octanol–water partition coefficient (Wildman–Crippen LogP) is 3.87. The van der Waals surface area contributed by atoms with Crippen LogP contribution >= 0.6 is 0 Å². The first-order valence-electron chi connectivity index (χ1n) is 8.45. The first kappa shape index (κ1) is 16.6. The summed E-state index contributed by atoms with van der Waals surface area (Å²) in [6.07, 6.45) is 1.96. The molecule has 3 nitrogen and oxygen atoms in total. The lowest BCUT2D eigenvalue weighted by molar-refractivity contribution is 0.163. The van der Waals surface area contributed by atoms with Crippen LogP contribution in [0.15, 0.2) is 66.9 Å². The average molecular weight is 320 g/mol. The zero-order chi connectivity index (χ0) is 16.8. The number of hydrogen-bond donors (Lipinski definition) is 1. The maximum atomic E-state index is 9.42. The molecule has 3 aromatic rings. The minimum Gasteiger partial charge on any atom is -0.396 e. The fourth-order valence-electron chi connectivity index (χ4n) is 2.99. The Morgan fingerprint density at radius 1 is 0.958 bits per heavy atom. The SMILES string of the molecule is C[C@@H](CO)CN(Cc1ccccc1)Cc1cnc2ccccc2c1. The molecule has 3 heteroatoms. The summed E-state index contributed by atoms with van der Waals surface area (Å²) >= 11 is 0. The monoisotopic (exact) mass is 320 g/mol. The Balaban J connectivity index is 1.78. The molecule has 0 aliphatic heterocycles. The van der Waals surface area contributed by atoms with Crippen LogP contribution in [0.3, 0.4) is 0 Å². The third-order valence-electron chi connectivity index (χ3n) is 4.18. The van der Waals surface area contributed by atoms with E-state index in [4.69, 9.17) is 0 Å². The maximum absolute atomic E-state index is 9.42. The Bertz CT molecular complexity index is 773. The van der Waals surface area contributed by atoms with E-state index in [2.05, 4.69) is 53.2 Å².